The average molecular weight is 345 g/mol. The van der Waals surface area contributed by atoms with E-state index in [-0.39, 0.29) is 17.6 Å². The number of amides is 1. The Kier molecular flexibility index (Phi) is 4.50. The maximum absolute atomic E-state index is 12.4. The average Bonchev–Trinajstić information content (AvgIpc) is 3.10. The fourth-order valence-corrected chi connectivity index (χ4v) is 3.28. The normalized spacial score (nSPS) is 12.7. The Bertz CT molecular complexity index is 926. The third-order valence-electron chi connectivity index (χ3n) is 3.90. The van der Waals surface area contributed by atoms with Crippen LogP contribution in [-0.2, 0) is 11.3 Å². The maximum atomic E-state index is 12.4. The number of carbonyl (C=O) groups excluding carboxylic acids is 1. The number of anilines is 1. The molecule has 0 fully saturated rings. The molecule has 0 spiro atoms. The van der Waals surface area contributed by atoms with Crippen molar-refractivity contribution in [2.75, 3.05) is 12.4 Å². The van der Waals surface area contributed by atoms with Crippen LogP contribution in [0.2, 0.25) is 0 Å². The lowest BCUT2D eigenvalue weighted by Gasteiger charge is -2.23. The van der Waals surface area contributed by atoms with Gasteiger partial charge in [-0.3, -0.25) is 9.69 Å². The highest BCUT2D eigenvalue weighted by Crippen LogP contribution is 2.17. The number of hydrogen-bond donors (Lipinski definition) is 3. The zero-order chi connectivity index (χ0) is 17.3. The molecule has 3 rings (SSSR count). The summed E-state index contributed by atoms with van der Waals surface area (Å²) < 4.78 is 0. The van der Waals surface area contributed by atoms with Crippen molar-refractivity contribution in [1.82, 2.24) is 19.9 Å². The third kappa shape index (κ3) is 3.55. The summed E-state index contributed by atoms with van der Waals surface area (Å²) in [6, 6.07) is 4.97. The largest absolute Gasteiger partial charge is 0.325 e. The van der Waals surface area contributed by atoms with E-state index in [1.54, 1.807) is 29.5 Å². The first kappa shape index (κ1) is 16.4. The molecule has 2 heterocycles. The zero-order valence-electron chi connectivity index (χ0n) is 13.7. The molecule has 3 aromatic rings. The van der Waals surface area contributed by atoms with Crippen molar-refractivity contribution in [1.29, 1.82) is 0 Å². The number of nitrogens with one attached hydrogen (secondary N) is 3. The number of imidazole rings is 1. The minimum absolute atomic E-state index is 0.101. The Morgan fingerprint density at radius 2 is 2.12 bits per heavy atom. The van der Waals surface area contributed by atoms with Gasteiger partial charge in [-0.15, -0.1) is 11.3 Å². The molecule has 0 radical (unpaired) electrons. The van der Waals surface area contributed by atoms with Crippen LogP contribution in [0.15, 0.2) is 29.2 Å². The number of aryl methyl sites for hydroxylation is 1. The first-order valence-electron chi connectivity index (χ1n) is 7.57. The number of fused-ring (bicyclic) bond motifs is 1. The second kappa shape index (κ2) is 6.58. The van der Waals surface area contributed by atoms with Crippen molar-refractivity contribution in [3.05, 3.63) is 44.8 Å². The number of hydrogen-bond acceptors (Lipinski definition) is 5. The fraction of sp³-hybridized carbons (Fsp3) is 0.312. The second-order valence-corrected chi connectivity index (χ2v) is 7.08. The van der Waals surface area contributed by atoms with E-state index in [1.165, 1.54) is 0 Å². The minimum Gasteiger partial charge on any atom is -0.325 e. The van der Waals surface area contributed by atoms with Crippen molar-refractivity contribution in [3.63, 3.8) is 0 Å². The van der Waals surface area contributed by atoms with Crippen molar-refractivity contribution in [3.8, 4) is 0 Å². The van der Waals surface area contributed by atoms with Crippen molar-refractivity contribution < 1.29 is 4.79 Å². The summed E-state index contributed by atoms with van der Waals surface area (Å²) in [5.74, 6) is -0.101. The summed E-state index contributed by atoms with van der Waals surface area (Å²) in [5, 5.41) is 3.90. The van der Waals surface area contributed by atoms with E-state index in [1.807, 2.05) is 32.0 Å². The van der Waals surface area contributed by atoms with Gasteiger partial charge in [0, 0.05) is 23.3 Å². The Morgan fingerprint density at radius 3 is 2.83 bits per heavy atom. The maximum Gasteiger partial charge on any atom is 0.323 e. The van der Waals surface area contributed by atoms with Crippen molar-refractivity contribution in [2.24, 2.45) is 0 Å². The van der Waals surface area contributed by atoms with Gasteiger partial charge in [0.1, 0.15) is 0 Å². The van der Waals surface area contributed by atoms with Crippen LogP contribution >= 0.6 is 11.3 Å². The number of aromatic nitrogens is 3. The highest BCUT2D eigenvalue weighted by molar-refractivity contribution is 7.11. The van der Waals surface area contributed by atoms with Gasteiger partial charge in [-0.2, -0.15) is 0 Å². The molecule has 0 aliphatic carbocycles. The molecule has 8 heteroatoms. The van der Waals surface area contributed by atoms with Gasteiger partial charge in [-0.25, -0.2) is 9.78 Å². The molecule has 7 nitrogen and oxygen atoms in total. The van der Waals surface area contributed by atoms with Crippen LogP contribution in [0, 0.1) is 6.92 Å². The lowest BCUT2D eigenvalue weighted by Crippen LogP contribution is -2.39. The number of likely N-dealkylation sites (N-methyl/N-ethyl adjacent to an activating group) is 1. The zero-order valence-corrected chi connectivity index (χ0v) is 14.5. The molecule has 2 aromatic heterocycles. The predicted molar refractivity (Wildman–Crippen MR) is 95.3 cm³/mol. The topological polar surface area (TPSA) is 93.9 Å². The summed E-state index contributed by atoms with van der Waals surface area (Å²) >= 11 is 1.63. The van der Waals surface area contributed by atoms with E-state index in [0.717, 1.165) is 9.88 Å². The van der Waals surface area contributed by atoms with Crippen LogP contribution in [0.4, 0.5) is 5.69 Å². The molecule has 0 bridgehead atoms. The van der Waals surface area contributed by atoms with Gasteiger partial charge in [0.15, 0.2) is 0 Å². The SMILES string of the molecule is Cc1ncc(CN(C)[C@@H](C)C(=O)Nc2ccc3[nH]c(=O)[nH]c3c2)s1. The third-order valence-corrected chi connectivity index (χ3v) is 4.80. The Hall–Kier alpha value is -2.45. The Morgan fingerprint density at radius 1 is 1.38 bits per heavy atom. The van der Waals surface area contributed by atoms with Crippen LogP contribution in [-0.4, -0.2) is 38.8 Å². The lowest BCUT2D eigenvalue weighted by molar-refractivity contribution is -0.120. The van der Waals surface area contributed by atoms with Gasteiger partial charge >= 0.3 is 5.69 Å². The van der Waals surface area contributed by atoms with Crippen molar-refractivity contribution in [2.45, 2.75) is 26.4 Å². The van der Waals surface area contributed by atoms with E-state index >= 15 is 0 Å². The van der Waals surface area contributed by atoms with E-state index in [0.29, 0.717) is 23.3 Å². The summed E-state index contributed by atoms with van der Waals surface area (Å²) in [6.07, 6.45) is 1.84. The quantitative estimate of drug-likeness (QED) is 0.660. The molecule has 0 aliphatic rings. The number of rotatable bonds is 5. The molecular weight excluding hydrogens is 326 g/mol. The molecule has 0 unspecified atom stereocenters. The molecule has 0 saturated heterocycles. The number of thiazole rings is 1. The fourth-order valence-electron chi connectivity index (χ4n) is 2.42. The van der Waals surface area contributed by atoms with Crippen LogP contribution in [0.25, 0.3) is 11.0 Å². The van der Waals surface area contributed by atoms with Gasteiger partial charge < -0.3 is 15.3 Å². The van der Waals surface area contributed by atoms with E-state index in [4.69, 9.17) is 0 Å². The van der Waals surface area contributed by atoms with E-state index < -0.39 is 0 Å². The highest BCUT2D eigenvalue weighted by atomic mass is 32.1. The number of H-pyrrole nitrogens is 2. The number of aromatic amines is 2. The van der Waals surface area contributed by atoms with Gasteiger partial charge in [-0.1, -0.05) is 0 Å². The van der Waals surface area contributed by atoms with Crippen LogP contribution in [0.1, 0.15) is 16.8 Å². The lowest BCUT2D eigenvalue weighted by atomic mass is 10.2. The molecule has 1 amide bonds. The Labute approximate surface area is 142 Å². The summed E-state index contributed by atoms with van der Waals surface area (Å²) in [7, 11) is 1.91. The molecule has 24 heavy (non-hydrogen) atoms. The molecule has 3 N–H and O–H groups in total. The first-order valence-corrected chi connectivity index (χ1v) is 8.38. The number of nitrogens with zero attached hydrogens (tertiary/aromatic N) is 2. The summed E-state index contributed by atoms with van der Waals surface area (Å²) in [4.78, 5) is 36.4. The number of carbonyl (C=O) groups is 1. The van der Waals surface area contributed by atoms with Crippen LogP contribution < -0.4 is 11.0 Å². The van der Waals surface area contributed by atoms with Gasteiger partial charge in [0.2, 0.25) is 5.91 Å². The van der Waals surface area contributed by atoms with Crippen molar-refractivity contribution >= 4 is 34.0 Å². The Balaban J connectivity index is 1.66. The van der Waals surface area contributed by atoms with Gasteiger partial charge in [0.05, 0.1) is 22.1 Å². The molecular formula is C16H19N5O2S. The molecule has 1 atom stereocenters. The number of benzene rings is 1. The monoisotopic (exact) mass is 345 g/mol. The van der Waals surface area contributed by atoms with Gasteiger partial charge in [0.25, 0.3) is 0 Å². The molecule has 0 saturated carbocycles. The van der Waals surface area contributed by atoms with Gasteiger partial charge in [-0.05, 0) is 39.1 Å². The highest BCUT2D eigenvalue weighted by Gasteiger charge is 2.19. The standard InChI is InChI=1S/C16H19N5O2S/c1-9(21(3)8-12-7-17-10(2)24-12)15(22)18-11-4-5-13-14(6-11)20-16(23)19-13/h4-7,9H,8H2,1-3H3,(H,18,22)(H2,19,20,23)/t9-/m0/s1. The summed E-state index contributed by atoms with van der Waals surface area (Å²) in [6.45, 7) is 4.50. The smallest absolute Gasteiger partial charge is 0.323 e. The van der Waals surface area contributed by atoms with E-state index in [2.05, 4.69) is 20.3 Å². The van der Waals surface area contributed by atoms with Crippen LogP contribution in [0.5, 0.6) is 0 Å². The molecule has 1 aromatic carbocycles. The minimum atomic E-state index is -0.298. The second-order valence-electron chi connectivity index (χ2n) is 5.77. The van der Waals surface area contributed by atoms with Crippen LogP contribution in [0.3, 0.4) is 0 Å². The summed E-state index contributed by atoms with van der Waals surface area (Å²) in [5.41, 5.74) is 1.76. The van der Waals surface area contributed by atoms with E-state index in [9.17, 15) is 9.59 Å². The first-order chi connectivity index (χ1) is 11.4. The predicted octanol–water partition coefficient (Wildman–Crippen LogP) is 2.08. The molecule has 126 valence electrons. The molecule has 0 aliphatic heterocycles.